The van der Waals surface area contributed by atoms with Gasteiger partial charge >= 0.3 is 6.09 Å². The van der Waals surface area contributed by atoms with Crippen molar-refractivity contribution in [2.24, 2.45) is 0 Å². The van der Waals surface area contributed by atoms with E-state index in [9.17, 15) is 4.79 Å². The SMILES string of the molecule is CC(C)(C)OC(=O)N1CCC(c2cnc(CCl)c(Cl)c2)CC1. The van der Waals surface area contributed by atoms with Crippen molar-refractivity contribution in [2.45, 2.75) is 51.0 Å². The number of likely N-dealkylation sites (tertiary alicyclic amines) is 1. The maximum Gasteiger partial charge on any atom is 0.410 e. The lowest BCUT2D eigenvalue weighted by molar-refractivity contribution is 0.0205. The van der Waals surface area contributed by atoms with Crippen LogP contribution in [0, 0.1) is 0 Å². The van der Waals surface area contributed by atoms with E-state index in [0.717, 1.165) is 18.4 Å². The predicted molar refractivity (Wildman–Crippen MR) is 88.6 cm³/mol. The molecule has 0 spiro atoms. The number of pyridine rings is 1. The molecular formula is C16H22Cl2N2O2. The molecule has 1 aliphatic heterocycles. The zero-order chi connectivity index (χ0) is 16.3. The van der Waals surface area contributed by atoms with Gasteiger partial charge in [-0.3, -0.25) is 4.98 Å². The number of amides is 1. The molecule has 0 N–H and O–H groups in total. The van der Waals surface area contributed by atoms with E-state index in [1.165, 1.54) is 0 Å². The molecule has 0 saturated carbocycles. The number of carbonyl (C=O) groups is 1. The van der Waals surface area contributed by atoms with Crippen LogP contribution in [0.3, 0.4) is 0 Å². The number of piperidine rings is 1. The first-order chi connectivity index (χ1) is 10.3. The van der Waals surface area contributed by atoms with Crippen LogP contribution in [-0.2, 0) is 10.6 Å². The van der Waals surface area contributed by atoms with E-state index in [-0.39, 0.29) is 6.09 Å². The van der Waals surface area contributed by atoms with Crippen LogP contribution < -0.4 is 0 Å². The molecule has 2 rings (SSSR count). The summed E-state index contributed by atoms with van der Waals surface area (Å²) in [6.07, 6.45) is 3.38. The summed E-state index contributed by atoms with van der Waals surface area (Å²) in [6.45, 7) is 7.01. The minimum Gasteiger partial charge on any atom is -0.444 e. The molecule has 0 aliphatic carbocycles. The summed E-state index contributed by atoms with van der Waals surface area (Å²) < 4.78 is 5.41. The van der Waals surface area contributed by atoms with E-state index >= 15 is 0 Å². The van der Waals surface area contributed by atoms with Gasteiger partial charge in [-0.15, -0.1) is 11.6 Å². The van der Waals surface area contributed by atoms with Gasteiger partial charge in [0.25, 0.3) is 0 Å². The van der Waals surface area contributed by atoms with Crippen LogP contribution in [0.2, 0.25) is 5.02 Å². The number of ether oxygens (including phenoxy) is 1. The molecule has 6 heteroatoms. The molecule has 2 heterocycles. The van der Waals surface area contributed by atoms with Crippen LogP contribution >= 0.6 is 23.2 Å². The monoisotopic (exact) mass is 344 g/mol. The van der Waals surface area contributed by atoms with Gasteiger partial charge in [0.15, 0.2) is 0 Å². The molecule has 1 fully saturated rings. The van der Waals surface area contributed by atoms with Gasteiger partial charge < -0.3 is 9.64 Å². The molecule has 1 aliphatic rings. The molecule has 122 valence electrons. The van der Waals surface area contributed by atoms with Crippen molar-refractivity contribution in [3.8, 4) is 0 Å². The second-order valence-electron chi connectivity index (χ2n) is 6.57. The number of halogens is 2. The van der Waals surface area contributed by atoms with Gasteiger partial charge in [-0.25, -0.2) is 4.79 Å². The number of rotatable bonds is 2. The van der Waals surface area contributed by atoms with Gasteiger partial charge in [0.1, 0.15) is 5.60 Å². The Morgan fingerprint density at radius 1 is 1.41 bits per heavy atom. The Hall–Kier alpha value is -1.000. The van der Waals surface area contributed by atoms with E-state index in [2.05, 4.69) is 4.98 Å². The molecule has 1 aromatic heterocycles. The van der Waals surface area contributed by atoms with E-state index in [4.69, 9.17) is 27.9 Å². The maximum atomic E-state index is 12.1. The summed E-state index contributed by atoms with van der Waals surface area (Å²) in [7, 11) is 0. The highest BCUT2D eigenvalue weighted by molar-refractivity contribution is 6.32. The van der Waals surface area contributed by atoms with Gasteiger partial charge in [-0.1, -0.05) is 11.6 Å². The zero-order valence-electron chi connectivity index (χ0n) is 13.2. The molecule has 0 radical (unpaired) electrons. The van der Waals surface area contributed by atoms with Gasteiger partial charge in [0, 0.05) is 19.3 Å². The number of hydrogen-bond acceptors (Lipinski definition) is 3. The zero-order valence-corrected chi connectivity index (χ0v) is 14.7. The molecule has 4 nitrogen and oxygen atoms in total. The first kappa shape index (κ1) is 17.4. The Labute approximate surface area is 141 Å². The van der Waals surface area contributed by atoms with E-state index < -0.39 is 5.60 Å². The van der Waals surface area contributed by atoms with Gasteiger partial charge in [0.05, 0.1) is 16.6 Å². The third-order valence-electron chi connectivity index (χ3n) is 3.68. The topological polar surface area (TPSA) is 42.4 Å². The highest BCUT2D eigenvalue weighted by Crippen LogP contribution is 2.30. The Morgan fingerprint density at radius 3 is 2.55 bits per heavy atom. The number of alkyl halides is 1. The highest BCUT2D eigenvalue weighted by Gasteiger charge is 2.27. The Kier molecular flexibility index (Phi) is 5.56. The smallest absolute Gasteiger partial charge is 0.410 e. The quantitative estimate of drug-likeness (QED) is 0.737. The Bertz CT molecular complexity index is 535. The predicted octanol–water partition coefficient (Wildman–Crippen LogP) is 4.59. The van der Waals surface area contributed by atoms with Crippen molar-refractivity contribution in [2.75, 3.05) is 13.1 Å². The molecular weight excluding hydrogens is 323 g/mol. The second kappa shape index (κ2) is 7.05. The third-order valence-corrected chi connectivity index (χ3v) is 4.26. The van der Waals surface area contributed by atoms with Crippen molar-refractivity contribution < 1.29 is 9.53 Å². The minimum atomic E-state index is -0.456. The molecule has 0 bridgehead atoms. The van der Waals surface area contributed by atoms with Crippen LogP contribution in [0.1, 0.15) is 50.8 Å². The van der Waals surface area contributed by atoms with Crippen molar-refractivity contribution >= 4 is 29.3 Å². The normalized spacial score (nSPS) is 16.7. The Morgan fingerprint density at radius 2 is 2.05 bits per heavy atom. The van der Waals surface area contributed by atoms with E-state index in [1.807, 2.05) is 33.0 Å². The van der Waals surface area contributed by atoms with E-state index in [1.54, 1.807) is 4.90 Å². The van der Waals surface area contributed by atoms with Crippen molar-refractivity contribution in [3.05, 3.63) is 28.5 Å². The Balaban J connectivity index is 1.94. The van der Waals surface area contributed by atoms with Crippen LogP contribution in [-0.4, -0.2) is 34.7 Å². The third kappa shape index (κ3) is 4.50. The fraction of sp³-hybridized carbons (Fsp3) is 0.625. The summed E-state index contributed by atoms with van der Waals surface area (Å²) >= 11 is 11.9. The van der Waals surface area contributed by atoms with Crippen LogP contribution in [0.15, 0.2) is 12.3 Å². The average molecular weight is 345 g/mol. The molecule has 0 unspecified atom stereocenters. The van der Waals surface area contributed by atoms with Crippen LogP contribution in [0.25, 0.3) is 0 Å². The van der Waals surface area contributed by atoms with Gasteiger partial charge in [0.2, 0.25) is 0 Å². The van der Waals surface area contributed by atoms with Crippen molar-refractivity contribution in [1.82, 2.24) is 9.88 Å². The average Bonchev–Trinajstić information content (AvgIpc) is 2.45. The summed E-state index contributed by atoms with van der Waals surface area (Å²) in [5, 5.41) is 0.613. The fourth-order valence-corrected chi connectivity index (χ4v) is 3.05. The standard InChI is InChI=1S/C16H22Cl2N2O2/c1-16(2,3)22-15(21)20-6-4-11(5-7-20)12-8-13(18)14(9-17)19-10-12/h8,10-11H,4-7,9H2,1-3H3. The maximum absolute atomic E-state index is 12.1. The second-order valence-corrected chi connectivity index (χ2v) is 7.25. The van der Waals surface area contributed by atoms with Gasteiger partial charge in [-0.2, -0.15) is 0 Å². The fourth-order valence-electron chi connectivity index (χ4n) is 2.52. The first-order valence-corrected chi connectivity index (χ1v) is 8.39. The molecule has 1 amide bonds. The molecule has 22 heavy (non-hydrogen) atoms. The van der Waals surface area contributed by atoms with Gasteiger partial charge in [-0.05, 0) is 51.2 Å². The molecule has 0 atom stereocenters. The molecule has 1 aromatic rings. The summed E-state index contributed by atoms with van der Waals surface area (Å²) in [6, 6.07) is 1.94. The highest BCUT2D eigenvalue weighted by atomic mass is 35.5. The van der Waals surface area contributed by atoms with Crippen molar-refractivity contribution in [3.63, 3.8) is 0 Å². The van der Waals surface area contributed by atoms with Crippen molar-refractivity contribution in [1.29, 1.82) is 0 Å². The summed E-state index contributed by atoms with van der Waals surface area (Å²) in [5.41, 5.74) is 1.36. The number of carbonyl (C=O) groups excluding carboxylic acids is 1. The summed E-state index contributed by atoms with van der Waals surface area (Å²) in [4.78, 5) is 18.1. The lowest BCUT2D eigenvalue weighted by atomic mass is 9.90. The molecule has 1 saturated heterocycles. The largest absolute Gasteiger partial charge is 0.444 e. The molecule has 0 aromatic carbocycles. The number of aromatic nitrogens is 1. The van der Waals surface area contributed by atoms with E-state index in [0.29, 0.717) is 35.6 Å². The minimum absolute atomic E-state index is 0.236. The lowest BCUT2D eigenvalue weighted by Crippen LogP contribution is -2.41. The van der Waals surface area contributed by atoms with Crippen LogP contribution in [0.5, 0.6) is 0 Å². The first-order valence-electron chi connectivity index (χ1n) is 7.48. The number of nitrogens with zero attached hydrogens (tertiary/aromatic N) is 2. The lowest BCUT2D eigenvalue weighted by Gasteiger charge is -2.33. The number of hydrogen-bond donors (Lipinski definition) is 0. The van der Waals surface area contributed by atoms with Crippen LogP contribution in [0.4, 0.5) is 4.79 Å². The summed E-state index contributed by atoms with van der Waals surface area (Å²) in [5.74, 6) is 0.684.